The van der Waals surface area contributed by atoms with E-state index in [1.807, 2.05) is 43.3 Å². The van der Waals surface area contributed by atoms with Crippen molar-refractivity contribution in [2.45, 2.75) is 25.7 Å². The van der Waals surface area contributed by atoms with Crippen molar-refractivity contribution in [1.82, 2.24) is 0 Å². The van der Waals surface area contributed by atoms with Crippen LogP contribution in [0.15, 0.2) is 24.3 Å². The lowest BCUT2D eigenvalue weighted by Crippen LogP contribution is -2.30. The maximum absolute atomic E-state index is 11.8. The molecule has 3 nitrogen and oxygen atoms in total. The van der Waals surface area contributed by atoms with Gasteiger partial charge in [-0.3, -0.25) is 9.59 Å². The van der Waals surface area contributed by atoms with Gasteiger partial charge in [0, 0.05) is 32.6 Å². The van der Waals surface area contributed by atoms with Gasteiger partial charge in [0.2, 0.25) is 0 Å². The molecule has 1 fully saturated rings. The van der Waals surface area contributed by atoms with Crippen molar-refractivity contribution in [2.75, 3.05) is 19.0 Å². The molecule has 0 bridgehead atoms. The van der Waals surface area contributed by atoms with Crippen LogP contribution in [0.1, 0.15) is 24.8 Å². The number of Topliss-reactive ketones (excluding diaryl/α,β-unsaturated/α-hetero) is 2. The minimum atomic E-state index is -0.399. The van der Waals surface area contributed by atoms with Crippen molar-refractivity contribution in [3.8, 4) is 0 Å². The van der Waals surface area contributed by atoms with E-state index in [1.165, 1.54) is 0 Å². The van der Waals surface area contributed by atoms with Gasteiger partial charge in [-0.1, -0.05) is 12.1 Å². The Morgan fingerprint density at radius 1 is 1.06 bits per heavy atom. The van der Waals surface area contributed by atoms with Gasteiger partial charge in [0.05, 0.1) is 5.92 Å². The molecule has 1 aromatic carbocycles. The number of rotatable bonds is 3. The Morgan fingerprint density at radius 2 is 1.61 bits per heavy atom. The summed E-state index contributed by atoms with van der Waals surface area (Å²) in [7, 11) is 3.98. The number of carbonyl (C=O) groups is 2. The molecule has 0 aliphatic heterocycles. The monoisotopic (exact) mass is 245 g/mol. The first kappa shape index (κ1) is 12.8. The molecular weight excluding hydrogens is 226 g/mol. The van der Waals surface area contributed by atoms with E-state index in [4.69, 9.17) is 0 Å². The average Bonchev–Trinajstić information content (AvgIpc) is 2.34. The molecule has 0 spiro atoms. The quantitative estimate of drug-likeness (QED) is 0.766. The summed E-state index contributed by atoms with van der Waals surface area (Å²) < 4.78 is 0. The molecule has 1 aliphatic carbocycles. The summed E-state index contributed by atoms with van der Waals surface area (Å²) in [6, 6.07) is 8.05. The van der Waals surface area contributed by atoms with E-state index in [0.717, 1.165) is 17.7 Å². The van der Waals surface area contributed by atoms with Crippen LogP contribution in [-0.4, -0.2) is 25.7 Å². The number of carbonyl (C=O) groups excluding carboxylic acids is 2. The third kappa shape index (κ3) is 2.78. The molecule has 2 rings (SSSR count). The SMILES string of the molecule is CN(C)c1ccc(CC2C(=O)CCCC2=O)cc1. The highest BCUT2D eigenvalue weighted by molar-refractivity contribution is 6.04. The lowest BCUT2D eigenvalue weighted by molar-refractivity contribution is -0.135. The Balaban J connectivity index is 2.08. The first-order valence-electron chi connectivity index (χ1n) is 6.39. The average molecular weight is 245 g/mol. The second-order valence-electron chi connectivity index (χ2n) is 5.10. The van der Waals surface area contributed by atoms with Crippen LogP contribution in [0.4, 0.5) is 5.69 Å². The maximum atomic E-state index is 11.8. The first-order chi connectivity index (χ1) is 8.58. The Kier molecular flexibility index (Phi) is 3.80. The maximum Gasteiger partial charge on any atom is 0.143 e. The number of hydrogen-bond acceptors (Lipinski definition) is 3. The van der Waals surface area contributed by atoms with Crippen LogP contribution >= 0.6 is 0 Å². The second-order valence-corrected chi connectivity index (χ2v) is 5.10. The Hall–Kier alpha value is -1.64. The van der Waals surface area contributed by atoms with Crippen molar-refractivity contribution in [3.63, 3.8) is 0 Å². The molecule has 96 valence electrons. The van der Waals surface area contributed by atoms with Crippen molar-refractivity contribution in [1.29, 1.82) is 0 Å². The molecule has 0 amide bonds. The van der Waals surface area contributed by atoms with Gasteiger partial charge in [0.25, 0.3) is 0 Å². The van der Waals surface area contributed by atoms with Crippen LogP contribution in [0, 0.1) is 5.92 Å². The van der Waals surface area contributed by atoms with Crippen LogP contribution in [0.25, 0.3) is 0 Å². The number of nitrogens with zero attached hydrogens (tertiary/aromatic N) is 1. The number of anilines is 1. The van der Waals surface area contributed by atoms with Crippen LogP contribution in [0.3, 0.4) is 0 Å². The highest BCUT2D eigenvalue weighted by atomic mass is 16.2. The molecule has 0 saturated heterocycles. The summed E-state index contributed by atoms with van der Waals surface area (Å²) in [6.45, 7) is 0. The second kappa shape index (κ2) is 5.34. The summed E-state index contributed by atoms with van der Waals surface area (Å²) in [4.78, 5) is 25.5. The number of benzene rings is 1. The molecule has 0 heterocycles. The molecule has 0 unspecified atom stereocenters. The largest absolute Gasteiger partial charge is 0.378 e. The van der Waals surface area contributed by atoms with Gasteiger partial charge in [-0.15, -0.1) is 0 Å². The minimum absolute atomic E-state index is 0.114. The van der Waals surface area contributed by atoms with Gasteiger partial charge >= 0.3 is 0 Å². The smallest absolute Gasteiger partial charge is 0.143 e. The zero-order valence-electron chi connectivity index (χ0n) is 11.0. The summed E-state index contributed by atoms with van der Waals surface area (Å²) >= 11 is 0. The van der Waals surface area contributed by atoms with E-state index < -0.39 is 5.92 Å². The highest BCUT2D eigenvalue weighted by Gasteiger charge is 2.29. The van der Waals surface area contributed by atoms with Gasteiger partial charge in [-0.05, 0) is 30.5 Å². The minimum Gasteiger partial charge on any atom is -0.378 e. The summed E-state index contributed by atoms with van der Waals surface area (Å²) in [5, 5.41) is 0. The Bertz CT molecular complexity index is 432. The van der Waals surface area contributed by atoms with Crippen LogP contribution in [0.2, 0.25) is 0 Å². The third-order valence-corrected chi connectivity index (χ3v) is 3.52. The van der Waals surface area contributed by atoms with E-state index >= 15 is 0 Å². The van der Waals surface area contributed by atoms with E-state index in [9.17, 15) is 9.59 Å². The molecule has 18 heavy (non-hydrogen) atoms. The number of ketones is 2. The molecule has 0 N–H and O–H groups in total. The molecule has 3 heteroatoms. The Morgan fingerprint density at radius 3 is 2.11 bits per heavy atom. The van der Waals surface area contributed by atoms with E-state index in [-0.39, 0.29) is 11.6 Å². The van der Waals surface area contributed by atoms with Crippen LogP contribution in [0.5, 0.6) is 0 Å². The fourth-order valence-corrected chi connectivity index (χ4v) is 2.36. The van der Waals surface area contributed by atoms with Crippen molar-refractivity contribution < 1.29 is 9.59 Å². The number of hydrogen-bond donors (Lipinski definition) is 0. The van der Waals surface area contributed by atoms with Gasteiger partial charge in [-0.25, -0.2) is 0 Å². The van der Waals surface area contributed by atoms with Gasteiger partial charge in [0.1, 0.15) is 11.6 Å². The molecule has 0 atom stereocenters. The summed E-state index contributed by atoms with van der Waals surface area (Å²) in [6.07, 6.45) is 2.41. The first-order valence-corrected chi connectivity index (χ1v) is 6.39. The van der Waals surface area contributed by atoms with Gasteiger partial charge in [0.15, 0.2) is 0 Å². The standard InChI is InChI=1S/C15H19NO2/c1-16(2)12-8-6-11(7-9-12)10-13-14(17)4-3-5-15(13)18/h6-9,13H,3-5,10H2,1-2H3. The fourth-order valence-electron chi connectivity index (χ4n) is 2.36. The molecule has 1 saturated carbocycles. The molecular formula is C15H19NO2. The van der Waals surface area contributed by atoms with Crippen LogP contribution in [-0.2, 0) is 16.0 Å². The summed E-state index contributed by atoms with van der Waals surface area (Å²) in [5.41, 5.74) is 2.19. The van der Waals surface area contributed by atoms with Gasteiger partial charge < -0.3 is 4.90 Å². The van der Waals surface area contributed by atoms with E-state index in [1.54, 1.807) is 0 Å². The van der Waals surface area contributed by atoms with Crippen molar-refractivity contribution in [3.05, 3.63) is 29.8 Å². The van der Waals surface area contributed by atoms with E-state index in [2.05, 4.69) is 0 Å². The highest BCUT2D eigenvalue weighted by Crippen LogP contribution is 2.22. The zero-order valence-corrected chi connectivity index (χ0v) is 11.0. The fraction of sp³-hybridized carbons (Fsp3) is 0.467. The van der Waals surface area contributed by atoms with Crippen molar-refractivity contribution >= 4 is 17.3 Å². The summed E-state index contributed by atoms with van der Waals surface area (Å²) in [5.74, 6) is -0.171. The predicted octanol–water partition coefficient (Wildman–Crippen LogP) is 2.23. The lowest BCUT2D eigenvalue weighted by Gasteiger charge is -2.19. The lowest BCUT2D eigenvalue weighted by atomic mass is 9.82. The Labute approximate surface area is 108 Å². The molecule has 0 radical (unpaired) electrons. The topological polar surface area (TPSA) is 37.4 Å². The normalized spacial score (nSPS) is 17.0. The predicted molar refractivity (Wildman–Crippen MR) is 71.8 cm³/mol. The third-order valence-electron chi connectivity index (χ3n) is 3.52. The zero-order chi connectivity index (χ0) is 13.1. The van der Waals surface area contributed by atoms with Crippen LogP contribution < -0.4 is 4.90 Å². The molecule has 0 aromatic heterocycles. The van der Waals surface area contributed by atoms with Gasteiger partial charge in [-0.2, -0.15) is 0 Å². The van der Waals surface area contributed by atoms with E-state index in [0.29, 0.717) is 19.3 Å². The molecule has 1 aliphatic rings. The van der Waals surface area contributed by atoms with Crippen molar-refractivity contribution in [2.24, 2.45) is 5.92 Å². The molecule has 1 aromatic rings.